The predicted octanol–water partition coefficient (Wildman–Crippen LogP) is -0.858. The maximum absolute atomic E-state index is 10.8. The Hall–Kier alpha value is -1.96. The molecule has 0 aliphatic heterocycles. The molecule has 14 heavy (non-hydrogen) atoms. The van der Waals surface area contributed by atoms with Gasteiger partial charge < -0.3 is 15.3 Å². The van der Waals surface area contributed by atoms with Crippen LogP contribution in [0.5, 0.6) is 0 Å². The highest BCUT2D eigenvalue weighted by Crippen LogP contribution is 1.96. The van der Waals surface area contributed by atoms with Gasteiger partial charge in [-0.05, 0) is 0 Å². The van der Waals surface area contributed by atoms with Crippen LogP contribution in [0, 0.1) is 15.3 Å². The van der Waals surface area contributed by atoms with Gasteiger partial charge in [0.15, 0.2) is 0 Å². The summed E-state index contributed by atoms with van der Waals surface area (Å²) < 4.78 is 1.35. The van der Waals surface area contributed by atoms with E-state index in [9.17, 15) is 20.1 Å². The van der Waals surface area contributed by atoms with Gasteiger partial charge in [-0.2, -0.15) is 0 Å². The first kappa shape index (κ1) is 10.1. The van der Waals surface area contributed by atoms with Crippen molar-refractivity contribution >= 4 is 5.91 Å². The summed E-state index contributed by atoms with van der Waals surface area (Å²) in [4.78, 5) is 24.0. The minimum atomic E-state index is -1.58. The maximum atomic E-state index is 10.8. The molecule has 0 radical (unpaired) electrons. The number of nitrogens with one attached hydrogen (secondary N) is 1. The lowest BCUT2D eigenvalue weighted by molar-refractivity contribution is -0.509. The van der Waals surface area contributed by atoms with E-state index in [4.69, 9.17) is 0 Å². The number of carbonyl (C=O) groups excluding carboxylic acids is 1. The lowest BCUT2D eigenvalue weighted by Gasteiger charge is -2.12. The number of hydroxylamine groups is 1. The Morgan fingerprint density at radius 1 is 1.71 bits per heavy atom. The second-order valence-corrected chi connectivity index (χ2v) is 2.53. The molecule has 8 nitrogen and oxygen atoms in total. The van der Waals surface area contributed by atoms with Gasteiger partial charge >= 0.3 is 6.04 Å². The van der Waals surface area contributed by atoms with Crippen molar-refractivity contribution in [3.63, 3.8) is 0 Å². The quantitative estimate of drug-likeness (QED) is 0.500. The van der Waals surface area contributed by atoms with E-state index in [0.717, 1.165) is 5.48 Å². The van der Waals surface area contributed by atoms with Crippen LogP contribution in [0.3, 0.4) is 0 Å². The molecule has 0 saturated carbocycles. The molecule has 0 fully saturated rings. The summed E-state index contributed by atoms with van der Waals surface area (Å²) in [5.41, 5.74) is 0.994. The summed E-state index contributed by atoms with van der Waals surface area (Å²) in [5, 5.41) is 20.4. The molecule has 0 aliphatic carbocycles. The van der Waals surface area contributed by atoms with Crippen LogP contribution in [0.25, 0.3) is 0 Å². The van der Waals surface area contributed by atoms with E-state index in [1.165, 1.54) is 23.3 Å². The third-order valence-electron chi connectivity index (χ3n) is 1.60. The number of hydrogen-bond donors (Lipinski definition) is 1. The number of nitro groups is 1. The zero-order chi connectivity index (χ0) is 10.6. The Labute approximate surface area is 78.3 Å². The van der Waals surface area contributed by atoms with Crippen LogP contribution in [0.1, 0.15) is 0 Å². The zero-order valence-electron chi connectivity index (χ0n) is 6.99. The summed E-state index contributed by atoms with van der Waals surface area (Å²) in [7, 11) is 0. The number of aromatic nitrogens is 2. The standard InChI is InChI=1S/C6H7N4O4/c11-6(8-12)5(10(13)14)3-9-2-1-7-4-9/h1-2,4-5H,3H2,(H-,8,11,12)/q-1. The number of imidazole rings is 1. The monoisotopic (exact) mass is 199 g/mol. The average molecular weight is 199 g/mol. The molecule has 1 amide bonds. The maximum Gasteiger partial charge on any atom is 0.306 e. The molecule has 1 unspecified atom stereocenters. The molecule has 0 bridgehead atoms. The van der Waals surface area contributed by atoms with Crippen LogP contribution in [-0.2, 0) is 11.3 Å². The van der Waals surface area contributed by atoms with Crippen LogP contribution in [-0.4, -0.2) is 26.4 Å². The minimum Gasteiger partial charge on any atom is -0.759 e. The molecule has 1 aromatic heterocycles. The molecule has 0 saturated heterocycles. The Bertz CT molecular complexity index is 323. The molecular weight excluding hydrogens is 192 g/mol. The van der Waals surface area contributed by atoms with E-state index in [-0.39, 0.29) is 6.54 Å². The van der Waals surface area contributed by atoms with Gasteiger partial charge in [0.05, 0.1) is 6.33 Å². The molecule has 8 heteroatoms. The lowest BCUT2D eigenvalue weighted by atomic mass is 10.3. The van der Waals surface area contributed by atoms with Crippen molar-refractivity contribution in [1.29, 1.82) is 0 Å². The second kappa shape index (κ2) is 4.33. The molecule has 1 heterocycles. The van der Waals surface area contributed by atoms with Gasteiger partial charge in [0.2, 0.25) is 0 Å². The highest BCUT2D eigenvalue weighted by atomic mass is 16.6. The Morgan fingerprint density at radius 2 is 2.43 bits per heavy atom. The first-order chi connectivity index (χ1) is 6.65. The smallest absolute Gasteiger partial charge is 0.306 e. The van der Waals surface area contributed by atoms with Crippen LogP contribution in [0.15, 0.2) is 18.7 Å². The van der Waals surface area contributed by atoms with Crippen LogP contribution in [0.4, 0.5) is 0 Å². The first-order valence-electron chi connectivity index (χ1n) is 3.66. The van der Waals surface area contributed by atoms with E-state index in [0.29, 0.717) is 0 Å². The fraction of sp³-hybridized carbons (Fsp3) is 0.333. The molecule has 0 aliphatic rings. The Balaban J connectivity index is 2.70. The highest BCUT2D eigenvalue weighted by Gasteiger charge is 2.27. The fourth-order valence-electron chi connectivity index (χ4n) is 0.908. The van der Waals surface area contributed by atoms with Crippen molar-refractivity contribution in [3.05, 3.63) is 34.0 Å². The van der Waals surface area contributed by atoms with Crippen LogP contribution < -0.4 is 5.48 Å². The predicted molar refractivity (Wildman–Crippen MR) is 44.5 cm³/mol. The highest BCUT2D eigenvalue weighted by molar-refractivity contribution is 5.80. The van der Waals surface area contributed by atoms with Gasteiger partial charge in [0, 0.05) is 17.3 Å². The molecule has 1 N–H and O–H groups in total. The first-order valence-corrected chi connectivity index (χ1v) is 3.66. The normalized spacial score (nSPS) is 12.1. The van der Waals surface area contributed by atoms with E-state index in [1.54, 1.807) is 0 Å². The van der Waals surface area contributed by atoms with Crippen LogP contribution in [0.2, 0.25) is 0 Å². The van der Waals surface area contributed by atoms with E-state index < -0.39 is 16.9 Å². The number of carbonyl (C=O) groups is 1. The van der Waals surface area contributed by atoms with Crippen molar-refractivity contribution < 1.29 is 9.72 Å². The van der Waals surface area contributed by atoms with Crippen LogP contribution >= 0.6 is 0 Å². The largest absolute Gasteiger partial charge is 0.759 e. The molecule has 1 aromatic rings. The molecule has 1 rings (SSSR count). The summed E-state index contributed by atoms with van der Waals surface area (Å²) >= 11 is 0. The fourth-order valence-corrected chi connectivity index (χ4v) is 0.908. The number of rotatable bonds is 4. The number of nitrogens with zero attached hydrogens (tertiary/aromatic N) is 3. The van der Waals surface area contributed by atoms with Gasteiger partial charge in [0.1, 0.15) is 6.54 Å². The molecular formula is C6H7N4O4-. The summed E-state index contributed by atoms with van der Waals surface area (Å²) in [6.07, 6.45) is 4.22. The molecule has 76 valence electrons. The van der Waals surface area contributed by atoms with Crippen molar-refractivity contribution in [1.82, 2.24) is 15.0 Å². The second-order valence-electron chi connectivity index (χ2n) is 2.53. The van der Waals surface area contributed by atoms with E-state index in [2.05, 4.69) is 4.98 Å². The Kier molecular flexibility index (Phi) is 3.13. The van der Waals surface area contributed by atoms with Gasteiger partial charge in [-0.1, -0.05) is 0 Å². The lowest BCUT2D eigenvalue weighted by Crippen LogP contribution is -2.39. The topological polar surface area (TPSA) is 113 Å². The third kappa shape index (κ3) is 2.26. The minimum absolute atomic E-state index is 0.207. The van der Waals surface area contributed by atoms with Crippen molar-refractivity contribution in [3.8, 4) is 0 Å². The SMILES string of the molecule is O=C(N[O-])C(Cn1ccnc1)[N+](=O)[O-]. The van der Waals surface area contributed by atoms with E-state index >= 15 is 0 Å². The number of amides is 1. The van der Waals surface area contributed by atoms with Crippen molar-refractivity contribution in [2.45, 2.75) is 12.6 Å². The summed E-state index contributed by atoms with van der Waals surface area (Å²) in [5.74, 6) is -1.16. The van der Waals surface area contributed by atoms with E-state index in [1.807, 2.05) is 0 Å². The third-order valence-corrected chi connectivity index (χ3v) is 1.60. The summed E-state index contributed by atoms with van der Waals surface area (Å²) in [6, 6.07) is -1.58. The Morgan fingerprint density at radius 3 is 2.86 bits per heavy atom. The van der Waals surface area contributed by atoms with Gasteiger partial charge in [-0.3, -0.25) is 14.9 Å². The molecule has 1 atom stereocenters. The molecule has 0 aromatic carbocycles. The zero-order valence-corrected chi connectivity index (χ0v) is 6.99. The average Bonchev–Trinajstić information content (AvgIpc) is 2.65. The molecule has 0 spiro atoms. The summed E-state index contributed by atoms with van der Waals surface area (Å²) in [6.45, 7) is -0.207. The van der Waals surface area contributed by atoms with Crippen molar-refractivity contribution in [2.24, 2.45) is 0 Å². The van der Waals surface area contributed by atoms with Gasteiger partial charge in [-0.15, -0.1) is 0 Å². The van der Waals surface area contributed by atoms with Gasteiger partial charge in [0.25, 0.3) is 5.91 Å². The number of hydrogen-bond acceptors (Lipinski definition) is 5. The van der Waals surface area contributed by atoms with Gasteiger partial charge in [-0.25, -0.2) is 4.98 Å². The van der Waals surface area contributed by atoms with Crippen molar-refractivity contribution in [2.75, 3.05) is 0 Å².